The lowest BCUT2D eigenvalue weighted by molar-refractivity contribution is 0.395. The van der Waals surface area contributed by atoms with Crippen LogP contribution in [0.1, 0.15) is 101 Å². The number of halogens is 3. The van der Waals surface area contributed by atoms with Crippen molar-refractivity contribution in [2.75, 3.05) is 5.32 Å². The molecule has 0 unspecified atom stereocenters. The lowest BCUT2D eigenvalue weighted by Gasteiger charge is -2.28. The molecule has 6 fully saturated rings. The molecule has 10 rings (SSSR count). The van der Waals surface area contributed by atoms with Crippen LogP contribution in [0.4, 0.5) is 5.95 Å². The standard InChI is InChI=1S/C19H25ClN6.C12H12Cl2N4.C7H14N2/c1-26-15(8-12-2-3-12)13(9-23-26)16-14(20)10-22-17(24-16)25-19-6-4-18(21,11-19)5-7-19;1-18-10(4-7-2-3-7)8(5-16-18)11-9(13)6-15-12(14)17-11;8-6-1-2-7(9,5-6)4-3-6/h9-10,12H,2-8,11,21H2,1H3,(H,22,24,25);5-7H,2-4H2,1H3;1-5,8-9H2. The Balaban J connectivity index is 0.000000127. The zero-order valence-electron chi connectivity index (χ0n) is 30.7. The Labute approximate surface area is 326 Å². The molecule has 6 aliphatic carbocycles. The Bertz CT molecular complexity index is 1950. The Morgan fingerprint density at radius 3 is 1.53 bits per heavy atom. The largest absolute Gasteiger partial charge is 0.349 e. The molecule has 4 aromatic heterocycles. The van der Waals surface area contributed by atoms with Gasteiger partial charge in [0.05, 0.1) is 46.2 Å². The predicted octanol–water partition coefficient (Wildman–Crippen LogP) is 6.80. The van der Waals surface area contributed by atoms with Crippen molar-refractivity contribution in [3.63, 3.8) is 0 Å². The second-order valence-corrected chi connectivity index (χ2v) is 18.3. The molecule has 6 saturated carbocycles. The molecule has 12 nitrogen and oxygen atoms in total. The Hall–Kier alpha value is -2.87. The Kier molecular flexibility index (Phi) is 9.80. The third-order valence-electron chi connectivity index (χ3n) is 12.7. The summed E-state index contributed by atoms with van der Waals surface area (Å²) < 4.78 is 3.84. The van der Waals surface area contributed by atoms with E-state index in [2.05, 4.69) is 30.5 Å². The van der Waals surface area contributed by atoms with Crippen LogP contribution in [-0.4, -0.2) is 61.7 Å². The molecule has 53 heavy (non-hydrogen) atoms. The summed E-state index contributed by atoms with van der Waals surface area (Å²) in [6, 6.07) is 0. The molecule has 0 atom stereocenters. The van der Waals surface area contributed by atoms with Gasteiger partial charge in [0.25, 0.3) is 0 Å². The van der Waals surface area contributed by atoms with Crippen LogP contribution in [0.5, 0.6) is 0 Å². The maximum absolute atomic E-state index is 6.47. The van der Waals surface area contributed by atoms with Gasteiger partial charge in [0.1, 0.15) is 0 Å². The number of nitrogens with zero attached hydrogens (tertiary/aromatic N) is 8. The van der Waals surface area contributed by atoms with E-state index < -0.39 is 0 Å². The Morgan fingerprint density at radius 1 is 0.642 bits per heavy atom. The van der Waals surface area contributed by atoms with E-state index in [9.17, 15) is 0 Å². The predicted molar refractivity (Wildman–Crippen MR) is 210 cm³/mol. The van der Waals surface area contributed by atoms with Gasteiger partial charge in [0.15, 0.2) is 0 Å². The number of aryl methyl sites for hydroxylation is 2. The first kappa shape index (κ1) is 37.1. The lowest BCUT2D eigenvalue weighted by atomic mass is 9.92. The zero-order valence-corrected chi connectivity index (χ0v) is 33.0. The summed E-state index contributed by atoms with van der Waals surface area (Å²) in [6.45, 7) is 0. The van der Waals surface area contributed by atoms with Crippen molar-refractivity contribution in [3.05, 3.63) is 51.5 Å². The van der Waals surface area contributed by atoms with Gasteiger partial charge in [0, 0.05) is 58.8 Å². The topological polar surface area (TPSA) is 177 Å². The molecule has 4 aromatic rings. The number of aromatic nitrogens is 8. The third kappa shape index (κ3) is 8.09. The average molecular weight is 782 g/mol. The fraction of sp³-hybridized carbons (Fsp3) is 0.632. The van der Waals surface area contributed by atoms with Gasteiger partial charge < -0.3 is 22.5 Å². The summed E-state index contributed by atoms with van der Waals surface area (Å²) in [5.41, 5.74) is 24.6. The molecule has 0 aliphatic heterocycles. The van der Waals surface area contributed by atoms with Crippen LogP contribution < -0.4 is 22.5 Å². The summed E-state index contributed by atoms with van der Waals surface area (Å²) in [6.07, 6.45) is 25.2. The normalized spacial score (nSPS) is 29.5. The van der Waals surface area contributed by atoms with Gasteiger partial charge in [-0.05, 0) is 126 Å². The van der Waals surface area contributed by atoms with Gasteiger partial charge in [0.2, 0.25) is 11.2 Å². The maximum Gasteiger partial charge on any atom is 0.223 e. The number of nitrogens with two attached hydrogens (primary N) is 3. The van der Waals surface area contributed by atoms with Crippen LogP contribution in [0.25, 0.3) is 22.5 Å². The highest BCUT2D eigenvalue weighted by Crippen LogP contribution is 2.51. The minimum atomic E-state index is 0.00302. The van der Waals surface area contributed by atoms with Crippen molar-refractivity contribution < 1.29 is 0 Å². The van der Waals surface area contributed by atoms with Gasteiger partial charge >= 0.3 is 0 Å². The summed E-state index contributed by atoms with van der Waals surface area (Å²) in [5, 5.41) is 13.6. The first-order chi connectivity index (χ1) is 25.2. The number of anilines is 1. The van der Waals surface area contributed by atoms with E-state index in [0.717, 1.165) is 111 Å². The number of nitrogens with one attached hydrogen (secondary N) is 1. The second kappa shape index (κ2) is 14.0. The number of fused-ring (bicyclic) bond motifs is 4. The van der Waals surface area contributed by atoms with Crippen molar-refractivity contribution in [1.82, 2.24) is 39.5 Å². The van der Waals surface area contributed by atoms with E-state index in [-0.39, 0.29) is 27.4 Å². The molecule has 0 radical (unpaired) electrons. The van der Waals surface area contributed by atoms with Crippen LogP contribution in [-0.2, 0) is 26.9 Å². The van der Waals surface area contributed by atoms with Crippen LogP contribution in [0, 0.1) is 11.8 Å². The highest BCUT2D eigenvalue weighted by molar-refractivity contribution is 6.34. The molecular weight excluding hydrogens is 731 g/mol. The summed E-state index contributed by atoms with van der Waals surface area (Å²) in [5.74, 6) is 2.20. The van der Waals surface area contributed by atoms with E-state index in [1.165, 1.54) is 37.6 Å². The smallest absolute Gasteiger partial charge is 0.223 e. The van der Waals surface area contributed by atoms with Crippen molar-refractivity contribution in [2.45, 2.75) is 125 Å². The van der Waals surface area contributed by atoms with E-state index in [1.54, 1.807) is 12.4 Å². The molecule has 0 amide bonds. The molecule has 0 aromatic carbocycles. The van der Waals surface area contributed by atoms with Crippen molar-refractivity contribution >= 4 is 40.8 Å². The van der Waals surface area contributed by atoms with Crippen molar-refractivity contribution in [1.29, 1.82) is 0 Å². The number of hydrogen-bond acceptors (Lipinski definition) is 10. The fourth-order valence-corrected chi connectivity index (χ4v) is 9.63. The minimum absolute atomic E-state index is 0.00302. The maximum atomic E-state index is 6.47. The molecule has 4 heterocycles. The van der Waals surface area contributed by atoms with Crippen molar-refractivity contribution in [2.24, 2.45) is 43.1 Å². The van der Waals surface area contributed by atoms with E-state index in [0.29, 0.717) is 21.7 Å². The summed E-state index contributed by atoms with van der Waals surface area (Å²) >= 11 is 18.4. The molecule has 0 spiro atoms. The highest BCUT2D eigenvalue weighted by atomic mass is 35.5. The fourth-order valence-electron chi connectivity index (χ4n) is 9.11. The van der Waals surface area contributed by atoms with E-state index in [1.807, 2.05) is 29.7 Å². The molecule has 7 N–H and O–H groups in total. The van der Waals surface area contributed by atoms with Gasteiger partial charge in [-0.1, -0.05) is 23.2 Å². The van der Waals surface area contributed by atoms with Crippen LogP contribution in [0.15, 0.2) is 24.8 Å². The van der Waals surface area contributed by atoms with E-state index >= 15 is 0 Å². The molecule has 0 saturated heterocycles. The summed E-state index contributed by atoms with van der Waals surface area (Å²) in [7, 11) is 3.93. The SMILES string of the molecule is Cn1ncc(-c2nc(Cl)ncc2Cl)c1CC1CC1.Cn1ncc(-c2nc(NC34CCC(N)(CC3)C4)ncc2Cl)c1CC1CC1.NC12CCC(N)(CC1)C2. The van der Waals surface area contributed by atoms with Gasteiger partial charge in [-0.15, -0.1) is 0 Å². The minimum Gasteiger partial charge on any atom is -0.349 e. The summed E-state index contributed by atoms with van der Waals surface area (Å²) in [4.78, 5) is 17.3. The van der Waals surface area contributed by atoms with Gasteiger partial charge in [-0.25, -0.2) is 19.9 Å². The third-order valence-corrected chi connectivity index (χ3v) is 13.4. The van der Waals surface area contributed by atoms with Crippen LogP contribution in [0.2, 0.25) is 15.3 Å². The highest BCUT2D eigenvalue weighted by Gasteiger charge is 2.53. The molecule has 6 aliphatic rings. The van der Waals surface area contributed by atoms with Crippen LogP contribution in [0.3, 0.4) is 0 Å². The quantitative estimate of drug-likeness (QED) is 0.139. The first-order valence-electron chi connectivity index (χ1n) is 19.1. The average Bonchev–Trinajstić information content (AvgIpc) is 3.91. The molecule has 4 bridgehead atoms. The monoisotopic (exact) mass is 780 g/mol. The molecule has 284 valence electrons. The Morgan fingerprint density at radius 2 is 1.09 bits per heavy atom. The molecule has 15 heteroatoms. The zero-order chi connectivity index (χ0) is 37.2. The van der Waals surface area contributed by atoms with E-state index in [4.69, 9.17) is 57.0 Å². The number of rotatable bonds is 8. The van der Waals surface area contributed by atoms with Gasteiger partial charge in [-0.3, -0.25) is 9.36 Å². The van der Waals surface area contributed by atoms with Gasteiger partial charge in [-0.2, -0.15) is 10.2 Å². The molecular formula is C38H51Cl3N12. The first-order valence-corrected chi connectivity index (χ1v) is 20.2. The second-order valence-electron chi connectivity index (χ2n) is 17.1. The van der Waals surface area contributed by atoms with Crippen LogP contribution >= 0.6 is 34.8 Å². The number of hydrogen-bond donors (Lipinski definition) is 4. The van der Waals surface area contributed by atoms with Crippen molar-refractivity contribution in [3.8, 4) is 22.5 Å². The lowest BCUT2D eigenvalue weighted by Crippen LogP contribution is -2.34.